The average molecular weight is 338 g/mol. The Balaban J connectivity index is 1.59. The fraction of sp³-hybridized carbons (Fsp3) is 0.176. The van der Waals surface area contributed by atoms with Crippen molar-refractivity contribution in [1.29, 1.82) is 0 Å². The fourth-order valence-electron chi connectivity index (χ4n) is 2.82. The second kappa shape index (κ2) is 6.09. The number of amides is 2. The van der Waals surface area contributed by atoms with E-state index in [4.69, 9.17) is 0 Å². The van der Waals surface area contributed by atoms with Crippen molar-refractivity contribution in [2.45, 2.75) is 13.0 Å². The summed E-state index contributed by atoms with van der Waals surface area (Å²) < 4.78 is 0. The van der Waals surface area contributed by atoms with Crippen LogP contribution in [-0.2, 0) is 17.8 Å². The molecule has 4 rings (SSSR count). The highest BCUT2D eigenvalue weighted by atomic mass is 32.2. The van der Waals surface area contributed by atoms with E-state index in [0.717, 1.165) is 31.3 Å². The van der Waals surface area contributed by atoms with E-state index < -0.39 is 0 Å². The summed E-state index contributed by atoms with van der Waals surface area (Å²) in [6, 6.07) is 10.1. The van der Waals surface area contributed by atoms with Crippen molar-refractivity contribution >= 4 is 34.9 Å². The first kappa shape index (κ1) is 14.9. The first-order valence-electron chi connectivity index (χ1n) is 7.59. The minimum absolute atomic E-state index is 0.354. The van der Waals surface area contributed by atoms with Crippen LogP contribution in [0.25, 0.3) is 6.08 Å². The quantitative estimate of drug-likeness (QED) is 0.847. The summed E-state index contributed by atoms with van der Waals surface area (Å²) in [5, 5.41) is 1.89. The topological polar surface area (TPSA) is 75.2 Å². The number of imide groups is 1. The van der Waals surface area contributed by atoms with E-state index in [9.17, 15) is 9.59 Å². The molecule has 0 radical (unpaired) electrons. The lowest BCUT2D eigenvalue weighted by molar-refractivity contribution is -0.115. The smallest absolute Gasteiger partial charge is 0.290 e. The first-order valence-corrected chi connectivity index (χ1v) is 8.40. The van der Waals surface area contributed by atoms with Crippen LogP contribution in [0.3, 0.4) is 0 Å². The van der Waals surface area contributed by atoms with Crippen molar-refractivity contribution in [3.05, 3.63) is 58.3 Å². The first-order chi connectivity index (χ1) is 11.7. The summed E-state index contributed by atoms with van der Waals surface area (Å²) in [7, 11) is 0. The molecule has 2 aliphatic rings. The molecule has 0 spiro atoms. The summed E-state index contributed by atoms with van der Waals surface area (Å²) in [5.74, 6) is 0.255. The number of nitrogens with one attached hydrogen (secondary N) is 1. The van der Waals surface area contributed by atoms with Gasteiger partial charge in [0, 0.05) is 19.3 Å². The van der Waals surface area contributed by atoms with E-state index in [0.29, 0.717) is 16.5 Å². The van der Waals surface area contributed by atoms with Crippen molar-refractivity contribution in [3.8, 4) is 0 Å². The van der Waals surface area contributed by atoms with Gasteiger partial charge in [-0.05, 0) is 41.5 Å². The Labute approximate surface area is 143 Å². The third kappa shape index (κ3) is 2.90. The van der Waals surface area contributed by atoms with Crippen molar-refractivity contribution in [3.63, 3.8) is 0 Å². The molecule has 2 aromatic rings. The molecule has 0 bridgehead atoms. The van der Waals surface area contributed by atoms with Crippen LogP contribution in [0.4, 0.5) is 10.7 Å². The largest absolute Gasteiger partial charge is 0.336 e. The van der Waals surface area contributed by atoms with E-state index in [2.05, 4.69) is 38.4 Å². The van der Waals surface area contributed by atoms with Gasteiger partial charge in [-0.25, -0.2) is 9.97 Å². The minimum Gasteiger partial charge on any atom is -0.336 e. The Morgan fingerprint density at radius 2 is 2.00 bits per heavy atom. The van der Waals surface area contributed by atoms with E-state index >= 15 is 0 Å². The van der Waals surface area contributed by atoms with Gasteiger partial charge >= 0.3 is 0 Å². The highest BCUT2D eigenvalue weighted by Crippen LogP contribution is 2.26. The monoisotopic (exact) mass is 338 g/mol. The molecule has 1 aromatic heterocycles. The Morgan fingerprint density at radius 1 is 1.17 bits per heavy atom. The molecule has 2 aliphatic heterocycles. The van der Waals surface area contributed by atoms with Crippen molar-refractivity contribution in [2.75, 3.05) is 11.4 Å². The fourth-order valence-corrected chi connectivity index (χ4v) is 3.48. The van der Waals surface area contributed by atoms with Crippen molar-refractivity contribution in [1.82, 2.24) is 15.3 Å². The highest BCUT2D eigenvalue weighted by Gasteiger charge is 2.25. The molecule has 0 atom stereocenters. The van der Waals surface area contributed by atoms with Crippen LogP contribution in [0.1, 0.15) is 16.8 Å². The Hall–Kier alpha value is -2.67. The number of nitrogens with zero attached hydrogens (tertiary/aromatic N) is 3. The average Bonchev–Trinajstić information content (AvgIpc) is 2.92. The van der Waals surface area contributed by atoms with Gasteiger partial charge in [-0.15, -0.1) is 0 Å². The van der Waals surface area contributed by atoms with E-state index in [1.165, 1.54) is 11.1 Å². The molecule has 24 heavy (non-hydrogen) atoms. The van der Waals surface area contributed by atoms with Gasteiger partial charge in [0.05, 0.1) is 10.6 Å². The molecular weight excluding hydrogens is 324 g/mol. The molecule has 2 amide bonds. The molecule has 1 saturated heterocycles. The molecule has 6 nitrogen and oxygen atoms in total. The van der Waals surface area contributed by atoms with Crippen LogP contribution >= 0.6 is 11.8 Å². The maximum atomic E-state index is 11.6. The zero-order chi connectivity index (χ0) is 16.5. The predicted octanol–water partition coefficient (Wildman–Crippen LogP) is 2.36. The van der Waals surface area contributed by atoms with Crippen LogP contribution in [0.15, 0.2) is 41.4 Å². The predicted molar refractivity (Wildman–Crippen MR) is 92.3 cm³/mol. The van der Waals surface area contributed by atoms with Gasteiger partial charge in [-0.3, -0.25) is 14.9 Å². The van der Waals surface area contributed by atoms with Gasteiger partial charge in [0.25, 0.3) is 11.1 Å². The number of anilines is 1. The lowest BCUT2D eigenvalue weighted by Gasteiger charge is -2.28. The number of rotatable bonds is 2. The third-order valence-corrected chi connectivity index (χ3v) is 4.81. The van der Waals surface area contributed by atoms with E-state index in [1.807, 2.05) is 6.07 Å². The molecule has 7 heteroatoms. The zero-order valence-corrected chi connectivity index (χ0v) is 13.5. The zero-order valence-electron chi connectivity index (χ0n) is 12.7. The standard InChI is InChI=1S/C17H14N4O2S/c22-15-14(24-17(23)20-15)9-13-5-7-18-16(19-13)21-8-6-11-3-1-2-4-12(11)10-21/h1-5,7,9H,6,8,10H2,(H,20,22,23)/b14-9-. The number of thioether (sulfide) groups is 1. The van der Waals surface area contributed by atoms with Gasteiger partial charge in [0.1, 0.15) is 0 Å². The van der Waals surface area contributed by atoms with E-state index in [-0.39, 0.29) is 11.1 Å². The molecule has 0 saturated carbocycles. The third-order valence-electron chi connectivity index (χ3n) is 4.00. The van der Waals surface area contributed by atoms with Gasteiger partial charge in [0.15, 0.2) is 0 Å². The second-order valence-corrected chi connectivity index (χ2v) is 6.59. The van der Waals surface area contributed by atoms with Crippen molar-refractivity contribution in [2.24, 2.45) is 0 Å². The van der Waals surface area contributed by atoms with Crippen LogP contribution in [-0.4, -0.2) is 27.7 Å². The Bertz CT molecular complexity index is 865. The maximum Gasteiger partial charge on any atom is 0.290 e. The summed E-state index contributed by atoms with van der Waals surface area (Å²) in [5.41, 5.74) is 3.27. The van der Waals surface area contributed by atoms with Crippen LogP contribution < -0.4 is 10.2 Å². The molecule has 3 heterocycles. The van der Waals surface area contributed by atoms with Crippen molar-refractivity contribution < 1.29 is 9.59 Å². The number of hydrogen-bond acceptors (Lipinski definition) is 6. The summed E-state index contributed by atoms with van der Waals surface area (Å²) in [6.07, 6.45) is 4.25. The molecule has 120 valence electrons. The number of carbonyl (C=O) groups is 2. The van der Waals surface area contributed by atoms with Gasteiger partial charge in [-0.2, -0.15) is 0 Å². The molecule has 0 unspecified atom stereocenters. The molecule has 0 aliphatic carbocycles. The molecule has 1 fully saturated rings. The van der Waals surface area contributed by atoms with Crippen LogP contribution in [0, 0.1) is 0 Å². The van der Waals surface area contributed by atoms with Gasteiger partial charge in [-0.1, -0.05) is 24.3 Å². The minimum atomic E-state index is -0.378. The Kier molecular flexibility index (Phi) is 3.78. The SMILES string of the molecule is O=C1NC(=O)/C(=C/c2ccnc(N3CCc4ccccc4C3)n2)S1. The number of aromatic nitrogens is 2. The number of benzene rings is 1. The van der Waals surface area contributed by atoms with Gasteiger partial charge < -0.3 is 4.90 Å². The number of carbonyl (C=O) groups excluding carboxylic acids is 2. The maximum absolute atomic E-state index is 11.6. The summed E-state index contributed by atoms with van der Waals surface area (Å²) in [4.78, 5) is 34.2. The Morgan fingerprint density at radius 3 is 2.79 bits per heavy atom. The molecule has 1 aromatic carbocycles. The molecular formula is C17H14N4O2S. The molecule has 1 N–H and O–H groups in total. The van der Waals surface area contributed by atoms with Crippen LogP contribution in [0.5, 0.6) is 0 Å². The summed E-state index contributed by atoms with van der Waals surface area (Å²) >= 11 is 0.888. The second-order valence-electron chi connectivity index (χ2n) is 5.57. The number of fused-ring (bicyclic) bond motifs is 1. The highest BCUT2D eigenvalue weighted by molar-refractivity contribution is 8.18. The number of hydrogen-bond donors (Lipinski definition) is 1. The van der Waals surface area contributed by atoms with Crippen LogP contribution in [0.2, 0.25) is 0 Å². The lowest BCUT2D eigenvalue weighted by atomic mass is 10.0. The van der Waals surface area contributed by atoms with Gasteiger partial charge in [0.2, 0.25) is 5.95 Å². The summed E-state index contributed by atoms with van der Waals surface area (Å²) in [6.45, 7) is 1.62. The lowest BCUT2D eigenvalue weighted by Crippen LogP contribution is -2.31. The van der Waals surface area contributed by atoms with E-state index in [1.54, 1.807) is 18.3 Å². The normalized spacial score (nSPS) is 18.7.